The van der Waals surface area contributed by atoms with Gasteiger partial charge in [-0.2, -0.15) is 14.9 Å². The van der Waals surface area contributed by atoms with Gasteiger partial charge in [0.05, 0.1) is 27.5 Å². The molecule has 1 N–H and O–H groups in total. The first-order valence-electron chi connectivity index (χ1n) is 7.75. The first-order valence-corrected chi connectivity index (χ1v) is 8.16. The van der Waals surface area contributed by atoms with Crippen molar-refractivity contribution in [3.63, 3.8) is 0 Å². The molecule has 0 saturated carbocycles. The van der Waals surface area contributed by atoms with Gasteiger partial charge < -0.3 is 14.2 Å². The molecule has 3 rings (SSSR count). The summed E-state index contributed by atoms with van der Waals surface area (Å²) in [7, 11) is 4.70. The second kappa shape index (κ2) is 7.83. The molecule has 0 aliphatic heterocycles. The van der Waals surface area contributed by atoms with Crippen LogP contribution >= 0.6 is 12.2 Å². The Balaban J connectivity index is 2.02. The third-order valence-corrected chi connectivity index (χ3v) is 3.96. The van der Waals surface area contributed by atoms with E-state index in [1.54, 1.807) is 44.4 Å². The molecule has 7 nitrogen and oxygen atoms in total. The van der Waals surface area contributed by atoms with Crippen molar-refractivity contribution in [2.45, 2.75) is 0 Å². The second-order valence-corrected chi connectivity index (χ2v) is 5.62. The van der Waals surface area contributed by atoms with Crippen LogP contribution in [0.5, 0.6) is 17.2 Å². The zero-order chi connectivity index (χ0) is 18.5. The number of benzene rings is 2. The molecular weight excluding hydrogens is 352 g/mol. The Bertz CT molecular complexity index is 955. The molecule has 26 heavy (non-hydrogen) atoms. The van der Waals surface area contributed by atoms with Gasteiger partial charge >= 0.3 is 0 Å². The van der Waals surface area contributed by atoms with Crippen molar-refractivity contribution in [3.05, 3.63) is 52.8 Å². The summed E-state index contributed by atoms with van der Waals surface area (Å²) in [4.78, 5) is 0. The Kier molecular flexibility index (Phi) is 5.33. The SMILES string of the molecule is COc1cc(/C=N\n2c(-c3ccccc3)n[nH]c2=S)cc(OC)c1OC. The van der Waals surface area contributed by atoms with Crippen molar-refractivity contribution >= 4 is 18.4 Å². The number of rotatable bonds is 6. The van der Waals surface area contributed by atoms with Crippen molar-refractivity contribution in [1.29, 1.82) is 0 Å². The van der Waals surface area contributed by atoms with E-state index in [9.17, 15) is 0 Å². The summed E-state index contributed by atoms with van der Waals surface area (Å²) in [6.07, 6.45) is 1.65. The van der Waals surface area contributed by atoms with Crippen LogP contribution in [0.15, 0.2) is 47.6 Å². The number of ether oxygens (including phenoxy) is 3. The Labute approximate surface area is 155 Å². The van der Waals surface area contributed by atoms with E-state index in [0.717, 1.165) is 11.1 Å². The molecule has 0 atom stereocenters. The van der Waals surface area contributed by atoms with Crippen LogP contribution in [-0.2, 0) is 0 Å². The lowest BCUT2D eigenvalue weighted by atomic mass is 10.2. The molecule has 0 fully saturated rings. The molecule has 1 heterocycles. The summed E-state index contributed by atoms with van der Waals surface area (Å²) in [5, 5.41) is 11.5. The zero-order valence-corrected chi connectivity index (χ0v) is 15.4. The number of nitrogens with one attached hydrogen (secondary N) is 1. The van der Waals surface area contributed by atoms with Gasteiger partial charge in [0.15, 0.2) is 17.3 Å². The smallest absolute Gasteiger partial charge is 0.216 e. The van der Waals surface area contributed by atoms with Crippen molar-refractivity contribution in [3.8, 4) is 28.6 Å². The molecule has 0 bridgehead atoms. The summed E-state index contributed by atoms with van der Waals surface area (Å²) in [5.74, 6) is 2.25. The highest BCUT2D eigenvalue weighted by Crippen LogP contribution is 2.37. The van der Waals surface area contributed by atoms with E-state index in [2.05, 4.69) is 15.3 Å². The molecule has 3 aromatic rings. The molecule has 8 heteroatoms. The fourth-order valence-electron chi connectivity index (χ4n) is 2.47. The fraction of sp³-hybridized carbons (Fsp3) is 0.167. The summed E-state index contributed by atoms with van der Waals surface area (Å²) in [6, 6.07) is 13.3. The standard InChI is InChI=1S/C18H18N4O3S/c1-23-14-9-12(10-15(24-2)16(14)25-3)11-19-22-17(20-21-18(22)26)13-7-5-4-6-8-13/h4-11H,1-3H3,(H,21,26)/b19-11-. The highest BCUT2D eigenvalue weighted by atomic mass is 32.1. The van der Waals surface area contributed by atoms with E-state index in [4.69, 9.17) is 26.4 Å². The third-order valence-electron chi connectivity index (χ3n) is 3.69. The summed E-state index contributed by atoms with van der Waals surface area (Å²) in [6.45, 7) is 0. The largest absolute Gasteiger partial charge is 0.493 e. The molecule has 0 saturated heterocycles. The number of aromatic amines is 1. The van der Waals surface area contributed by atoms with Crippen LogP contribution in [-0.4, -0.2) is 42.4 Å². The maximum atomic E-state index is 5.36. The molecule has 0 aliphatic carbocycles. The van der Waals surface area contributed by atoms with Crippen LogP contribution in [0.4, 0.5) is 0 Å². The highest BCUT2D eigenvalue weighted by molar-refractivity contribution is 7.71. The number of nitrogens with zero attached hydrogens (tertiary/aromatic N) is 3. The Hall–Kier alpha value is -3.13. The van der Waals surface area contributed by atoms with Crippen LogP contribution in [0, 0.1) is 4.77 Å². The fourth-order valence-corrected chi connectivity index (χ4v) is 2.65. The quantitative estimate of drug-likeness (QED) is 0.531. The molecule has 0 spiro atoms. The third kappa shape index (κ3) is 3.45. The van der Waals surface area contributed by atoms with Gasteiger partial charge in [0.2, 0.25) is 10.5 Å². The Morgan fingerprint density at radius 3 is 2.27 bits per heavy atom. The Morgan fingerprint density at radius 1 is 1.04 bits per heavy atom. The predicted octanol–water partition coefficient (Wildman–Crippen LogP) is 3.52. The van der Waals surface area contributed by atoms with Crippen molar-refractivity contribution < 1.29 is 14.2 Å². The van der Waals surface area contributed by atoms with Crippen molar-refractivity contribution in [2.24, 2.45) is 5.10 Å². The number of methoxy groups -OCH3 is 3. The highest BCUT2D eigenvalue weighted by Gasteiger charge is 2.13. The minimum atomic E-state index is 0.396. The van der Waals surface area contributed by atoms with Gasteiger partial charge in [0.1, 0.15) is 0 Å². The van der Waals surface area contributed by atoms with Crippen LogP contribution in [0.25, 0.3) is 11.4 Å². The van der Waals surface area contributed by atoms with Crippen LogP contribution in [0.1, 0.15) is 5.56 Å². The Morgan fingerprint density at radius 2 is 1.69 bits per heavy atom. The lowest BCUT2D eigenvalue weighted by Crippen LogP contribution is -1.98. The van der Waals surface area contributed by atoms with E-state index < -0.39 is 0 Å². The van der Waals surface area contributed by atoms with Crippen molar-refractivity contribution in [2.75, 3.05) is 21.3 Å². The molecule has 0 aliphatic rings. The number of hydrogen-bond acceptors (Lipinski definition) is 6. The van der Waals surface area contributed by atoms with Gasteiger partial charge in [-0.05, 0) is 24.4 Å². The molecule has 1 aromatic heterocycles. The van der Waals surface area contributed by atoms with Gasteiger partial charge in [0.25, 0.3) is 0 Å². The summed E-state index contributed by atoms with van der Waals surface area (Å²) in [5.41, 5.74) is 1.67. The van der Waals surface area contributed by atoms with E-state index in [1.165, 1.54) is 0 Å². The average Bonchev–Trinajstić information content (AvgIpc) is 3.06. The van der Waals surface area contributed by atoms with Crippen LogP contribution in [0.3, 0.4) is 0 Å². The molecule has 0 radical (unpaired) electrons. The maximum Gasteiger partial charge on any atom is 0.216 e. The lowest BCUT2D eigenvalue weighted by Gasteiger charge is -2.12. The van der Waals surface area contributed by atoms with E-state index >= 15 is 0 Å². The van der Waals surface area contributed by atoms with Crippen LogP contribution < -0.4 is 14.2 Å². The average molecular weight is 370 g/mol. The predicted molar refractivity (Wildman–Crippen MR) is 102 cm³/mol. The lowest BCUT2D eigenvalue weighted by molar-refractivity contribution is 0.324. The van der Waals surface area contributed by atoms with E-state index in [0.29, 0.717) is 27.8 Å². The van der Waals surface area contributed by atoms with Gasteiger partial charge in [-0.15, -0.1) is 0 Å². The first-order chi connectivity index (χ1) is 12.7. The van der Waals surface area contributed by atoms with Gasteiger partial charge in [-0.1, -0.05) is 30.3 Å². The number of aromatic nitrogens is 3. The molecule has 134 valence electrons. The summed E-state index contributed by atoms with van der Waals surface area (Å²) < 4.78 is 18.0. The summed E-state index contributed by atoms with van der Waals surface area (Å²) >= 11 is 5.29. The number of H-pyrrole nitrogens is 1. The zero-order valence-electron chi connectivity index (χ0n) is 14.6. The normalized spacial score (nSPS) is 10.9. The van der Waals surface area contributed by atoms with E-state index in [-0.39, 0.29) is 0 Å². The monoisotopic (exact) mass is 370 g/mol. The molecule has 0 unspecified atom stereocenters. The second-order valence-electron chi connectivity index (χ2n) is 5.23. The minimum absolute atomic E-state index is 0.396. The van der Waals surface area contributed by atoms with Gasteiger partial charge in [-0.25, -0.2) is 5.10 Å². The topological polar surface area (TPSA) is 73.7 Å². The maximum absolute atomic E-state index is 5.36. The van der Waals surface area contributed by atoms with Gasteiger partial charge in [0, 0.05) is 11.1 Å². The minimum Gasteiger partial charge on any atom is -0.493 e. The van der Waals surface area contributed by atoms with E-state index in [1.807, 2.05) is 30.3 Å². The molecule has 2 aromatic carbocycles. The van der Waals surface area contributed by atoms with Gasteiger partial charge in [-0.3, -0.25) is 0 Å². The molecular formula is C18H18N4O3S. The molecule has 0 amide bonds. The first kappa shape index (κ1) is 17.7. The van der Waals surface area contributed by atoms with Crippen LogP contribution in [0.2, 0.25) is 0 Å². The van der Waals surface area contributed by atoms with Crippen molar-refractivity contribution in [1.82, 2.24) is 14.9 Å². The number of hydrogen-bond donors (Lipinski definition) is 1.